The molecule has 0 radical (unpaired) electrons. The fourth-order valence-electron chi connectivity index (χ4n) is 2.98. The van der Waals surface area contributed by atoms with Gasteiger partial charge in [0, 0.05) is 0 Å². The summed E-state index contributed by atoms with van der Waals surface area (Å²) in [7, 11) is 0. The number of carbonyl (C=O) groups is 1. The summed E-state index contributed by atoms with van der Waals surface area (Å²) in [4.78, 5) is 12.6. The summed E-state index contributed by atoms with van der Waals surface area (Å²) in [5.41, 5.74) is 3.39. The van der Waals surface area contributed by atoms with Crippen LogP contribution in [0.5, 0.6) is 5.75 Å². The first-order valence-electron chi connectivity index (χ1n) is 8.95. The number of aryl methyl sites for hydroxylation is 2. The summed E-state index contributed by atoms with van der Waals surface area (Å²) in [5.74, 6) is 1.13. The lowest BCUT2D eigenvalue weighted by Gasteiger charge is -2.23. The second-order valence-electron chi connectivity index (χ2n) is 7.18. The van der Waals surface area contributed by atoms with E-state index in [4.69, 9.17) is 4.74 Å². The monoisotopic (exact) mass is 339 g/mol. The molecule has 2 atom stereocenters. The number of hydrogen-bond acceptors (Lipinski definition) is 2. The van der Waals surface area contributed by atoms with Crippen molar-refractivity contribution in [3.63, 3.8) is 0 Å². The van der Waals surface area contributed by atoms with Crippen LogP contribution in [0.1, 0.15) is 49.9 Å². The molecule has 2 aromatic carbocycles. The van der Waals surface area contributed by atoms with Crippen molar-refractivity contribution in [2.24, 2.45) is 5.92 Å². The fraction of sp³-hybridized carbons (Fsp3) is 0.409. The molecule has 3 nitrogen and oxygen atoms in total. The number of benzene rings is 2. The zero-order chi connectivity index (χ0) is 18.4. The SMILES string of the molecule is Cc1cc(C)cc(O[C@@H](C)C(=O)N[C@@H](CC(C)C)c2ccccc2)c1. The quantitative estimate of drug-likeness (QED) is 0.773. The molecule has 0 bridgehead atoms. The topological polar surface area (TPSA) is 38.3 Å². The van der Waals surface area contributed by atoms with Gasteiger partial charge in [-0.1, -0.05) is 50.2 Å². The molecule has 25 heavy (non-hydrogen) atoms. The van der Waals surface area contributed by atoms with E-state index in [0.717, 1.165) is 28.9 Å². The third-order valence-corrected chi connectivity index (χ3v) is 4.10. The molecule has 134 valence electrons. The van der Waals surface area contributed by atoms with Gasteiger partial charge >= 0.3 is 0 Å². The molecule has 0 aromatic heterocycles. The maximum absolute atomic E-state index is 12.6. The van der Waals surface area contributed by atoms with E-state index in [0.29, 0.717) is 5.92 Å². The van der Waals surface area contributed by atoms with Crippen LogP contribution in [-0.4, -0.2) is 12.0 Å². The first-order valence-corrected chi connectivity index (χ1v) is 8.95. The zero-order valence-electron chi connectivity index (χ0n) is 15.9. The lowest BCUT2D eigenvalue weighted by molar-refractivity contribution is -0.128. The molecular formula is C22H29NO2. The number of ether oxygens (including phenoxy) is 1. The molecule has 0 heterocycles. The summed E-state index contributed by atoms with van der Waals surface area (Å²) in [6.45, 7) is 10.2. The molecule has 1 amide bonds. The lowest BCUT2D eigenvalue weighted by Crippen LogP contribution is -2.39. The van der Waals surface area contributed by atoms with E-state index < -0.39 is 6.10 Å². The van der Waals surface area contributed by atoms with Crippen LogP contribution in [0.4, 0.5) is 0 Å². The molecule has 2 rings (SSSR count). The number of nitrogens with one attached hydrogen (secondary N) is 1. The summed E-state index contributed by atoms with van der Waals surface area (Å²) in [6, 6.07) is 16.1. The van der Waals surface area contributed by atoms with Crippen molar-refractivity contribution in [1.29, 1.82) is 0 Å². The van der Waals surface area contributed by atoms with Crippen LogP contribution in [0.3, 0.4) is 0 Å². The second kappa shape index (κ2) is 8.70. The predicted octanol–water partition coefficient (Wildman–Crippen LogP) is 4.97. The van der Waals surface area contributed by atoms with Crippen LogP contribution in [0, 0.1) is 19.8 Å². The Balaban J connectivity index is 2.06. The molecule has 0 saturated carbocycles. The van der Waals surface area contributed by atoms with E-state index in [9.17, 15) is 4.79 Å². The smallest absolute Gasteiger partial charge is 0.261 e. The molecule has 0 aliphatic rings. The number of hydrogen-bond donors (Lipinski definition) is 1. The minimum Gasteiger partial charge on any atom is -0.481 e. The zero-order valence-corrected chi connectivity index (χ0v) is 15.9. The molecule has 0 unspecified atom stereocenters. The van der Waals surface area contributed by atoms with Crippen molar-refractivity contribution in [3.05, 3.63) is 65.2 Å². The average molecular weight is 339 g/mol. The average Bonchev–Trinajstić information content (AvgIpc) is 2.53. The van der Waals surface area contributed by atoms with Gasteiger partial charge in [-0.05, 0) is 61.9 Å². The third-order valence-electron chi connectivity index (χ3n) is 4.10. The van der Waals surface area contributed by atoms with Crippen molar-refractivity contribution in [2.45, 2.75) is 53.2 Å². The van der Waals surface area contributed by atoms with E-state index in [1.807, 2.05) is 44.2 Å². The van der Waals surface area contributed by atoms with Gasteiger partial charge in [-0.25, -0.2) is 0 Å². The minimum atomic E-state index is -0.542. The van der Waals surface area contributed by atoms with Gasteiger partial charge in [0.15, 0.2) is 6.10 Å². The highest BCUT2D eigenvalue weighted by molar-refractivity contribution is 5.81. The van der Waals surface area contributed by atoms with Gasteiger partial charge in [0.05, 0.1) is 6.04 Å². The van der Waals surface area contributed by atoms with E-state index in [1.165, 1.54) is 0 Å². The largest absolute Gasteiger partial charge is 0.481 e. The molecule has 1 N–H and O–H groups in total. The molecule has 0 aliphatic heterocycles. The summed E-state index contributed by atoms with van der Waals surface area (Å²) >= 11 is 0. The Hall–Kier alpha value is -2.29. The van der Waals surface area contributed by atoms with Gasteiger partial charge in [-0.3, -0.25) is 4.79 Å². The maximum Gasteiger partial charge on any atom is 0.261 e. The van der Waals surface area contributed by atoms with Crippen LogP contribution in [0.25, 0.3) is 0 Å². The standard InChI is InChI=1S/C22H29NO2/c1-15(2)11-21(19-9-7-6-8-10-19)23-22(24)18(5)25-20-13-16(3)12-17(4)14-20/h6-10,12-15,18,21H,11H2,1-5H3,(H,23,24)/t18-,21-/m0/s1. The Kier molecular flexibility index (Phi) is 6.63. The highest BCUT2D eigenvalue weighted by Crippen LogP contribution is 2.22. The Morgan fingerprint density at radius 1 is 1.00 bits per heavy atom. The Morgan fingerprint density at radius 2 is 1.60 bits per heavy atom. The van der Waals surface area contributed by atoms with Gasteiger partial charge in [0.1, 0.15) is 5.75 Å². The first-order chi connectivity index (χ1) is 11.8. The highest BCUT2D eigenvalue weighted by Gasteiger charge is 2.21. The third kappa shape index (κ3) is 5.93. The fourth-order valence-corrected chi connectivity index (χ4v) is 2.98. The van der Waals surface area contributed by atoms with Crippen molar-refractivity contribution in [1.82, 2.24) is 5.32 Å². The highest BCUT2D eigenvalue weighted by atomic mass is 16.5. The number of amides is 1. The van der Waals surface area contributed by atoms with E-state index in [-0.39, 0.29) is 11.9 Å². The van der Waals surface area contributed by atoms with E-state index in [1.54, 1.807) is 6.92 Å². The van der Waals surface area contributed by atoms with Crippen LogP contribution in [-0.2, 0) is 4.79 Å². The molecule has 0 aliphatic carbocycles. The van der Waals surface area contributed by atoms with Gasteiger partial charge < -0.3 is 10.1 Å². The number of rotatable bonds is 7. The van der Waals surface area contributed by atoms with Crippen molar-refractivity contribution in [3.8, 4) is 5.75 Å². The first kappa shape index (κ1) is 19.0. The van der Waals surface area contributed by atoms with Crippen LogP contribution in [0.2, 0.25) is 0 Å². The maximum atomic E-state index is 12.6. The van der Waals surface area contributed by atoms with Crippen molar-refractivity contribution < 1.29 is 9.53 Å². The Labute approximate surface area is 151 Å². The van der Waals surface area contributed by atoms with Crippen molar-refractivity contribution >= 4 is 5.91 Å². The minimum absolute atomic E-state index is 0.000930. The normalized spacial score (nSPS) is 13.4. The summed E-state index contributed by atoms with van der Waals surface area (Å²) < 4.78 is 5.87. The lowest BCUT2D eigenvalue weighted by atomic mass is 9.97. The van der Waals surface area contributed by atoms with Crippen LogP contribution < -0.4 is 10.1 Å². The van der Waals surface area contributed by atoms with Gasteiger partial charge in [-0.15, -0.1) is 0 Å². The summed E-state index contributed by atoms with van der Waals surface area (Å²) in [5, 5.41) is 3.15. The van der Waals surface area contributed by atoms with Crippen LogP contribution >= 0.6 is 0 Å². The molecule has 0 spiro atoms. The van der Waals surface area contributed by atoms with Gasteiger partial charge in [0.2, 0.25) is 0 Å². The second-order valence-corrected chi connectivity index (χ2v) is 7.18. The molecule has 2 aromatic rings. The van der Waals surface area contributed by atoms with Crippen LogP contribution in [0.15, 0.2) is 48.5 Å². The predicted molar refractivity (Wildman–Crippen MR) is 103 cm³/mol. The molecular weight excluding hydrogens is 310 g/mol. The Bertz CT molecular complexity index is 674. The number of carbonyl (C=O) groups excluding carboxylic acids is 1. The van der Waals surface area contributed by atoms with E-state index >= 15 is 0 Å². The van der Waals surface area contributed by atoms with Gasteiger partial charge in [-0.2, -0.15) is 0 Å². The molecule has 0 fully saturated rings. The van der Waals surface area contributed by atoms with Crippen molar-refractivity contribution in [2.75, 3.05) is 0 Å². The molecule has 0 saturated heterocycles. The Morgan fingerprint density at radius 3 is 2.16 bits per heavy atom. The summed E-state index contributed by atoms with van der Waals surface area (Å²) in [6.07, 6.45) is 0.353. The van der Waals surface area contributed by atoms with E-state index in [2.05, 4.69) is 37.4 Å². The van der Waals surface area contributed by atoms with Gasteiger partial charge in [0.25, 0.3) is 5.91 Å². The molecule has 3 heteroatoms.